The third kappa shape index (κ3) is 3.85. The molecule has 0 saturated heterocycles. The quantitative estimate of drug-likeness (QED) is 0.747. The first-order chi connectivity index (χ1) is 11.5. The lowest BCUT2D eigenvalue weighted by Crippen LogP contribution is -2.25. The van der Waals surface area contributed by atoms with Crippen LogP contribution in [0, 0.1) is 19.7 Å². The smallest absolute Gasteiger partial charge is 0.263 e. The minimum absolute atomic E-state index is 0.134. The van der Waals surface area contributed by atoms with Crippen LogP contribution in [0.3, 0.4) is 0 Å². The van der Waals surface area contributed by atoms with Gasteiger partial charge in [0.25, 0.3) is 5.91 Å². The van der Waals surface area contributed by atoms with Crippen molar-refractivity contribution in [3.8, 4) is 10.6 Å². The maximum absolute atomic E-state index is 13.0. The largest absolute Gasteiger partial charge is 0.351 e. The highest BCUT2D eigenvalue weighted by Crippen LogP contribution is 2.28. The third-order valence-electron chi connectivity index (χ3n) is 3.43. The molecule has 3 aromatic rings. The van der Waals surface area contributed by atoms with Gasteiger partial charge in [0.1, 0.15) is 15.7 Å². The van der Waals surface area contributed by atoms with E-state index in [2.05, 4.69) is 15.3 Å². The fraction of sp³-hybridized carbons (Fsp3) is 0.235. The molecule has 0 atom stereocenters. The van der Waals surface area contributed by atoms with Crippen molar-refractivity contribution in [2.24, 2.45) is 0 Å². The zero-order chi connectivity index (χ0) is 17.1. The Hall–Kier alpha value is -2.12. The van der Waals surface area contributed by atoms with Gasteiger partial charge in [0.2, 0.25) is 0 Å². The number of aryl methyl sites for hydroxylation is 2. The summed E-state index contributed by atoms with van der Waals surface area (Å²) in [5.74, 6) is -0.424. The summed E-state index contributed by atoms with van der Waals surface area (Å²) in [7, 11) is 0. The van der Waals surface area contributed by atoms with Crippen LogP contribution in [0.1, 0.15) is 26.1 Å². The number of nitrogens with one attached hydrogen (secondary N) is 1. The Labute approximate surface area is 147 Å². The molecule has 0 bridgehead atoms. The van der Waals surface area contributed by atoms with Crippen molar-refractivity contribution in [1.82, 2.24) is 15.3 Å². The topological polar surface area (TPSA) is 54.9 Å². The van der Waals surface area contributed by atoms with Crippen LogP contribution in [0.4, 0.5) is 4.39 Å². The monoisotopic (exact) mass is 361 g/mol. The summed E-state index contributed by atoms with van der Waals surface area (Å²) in [6, 6.07) is 6.11. The average molecular weight is 361 g/mol. The SMILES string of the molecule is Cc1nc(CCNC(=O)c2sc(-c3ccc(F)cc3)nc2C)cs1. The maximum atomic E-state index is 13.0. The van der Waals surface area contributed by atoms with Gasteiger partial charge in [0.15, 0.2) is 0 Å². The number of hydrogen-bond donors (Lipinski definition) is 1. The molecule has 0 unspecified atom stereocenters. The van der Waals surface area contributed by atoms with E-state index in [0.29, 0.717) is 28.5 Å². The van der Waals surface area contributed by atoms with Crippen LogP contribution in [0.2, 0.25) is 0 Å². The second-order valence-electron chi connectivity index (χ2n) is 5.30. The highest BCUT2D eigenvalue weighted by molar-refractivity contribution is 7.17. The van der Waals surface area contributed by atoms with Crippen LogP contribution in [0.25, 0.3) is 10.6 Å². The van der Waals surface area contributed by atoms with Crippen molar-refractivity contribution in [3.63, 3.8) is 0 Å². The Morgan fingerprint density at radius 2 is 1.96 bits per heavy atom. The Balaban J connectivity index is 1.65. The molecule has 1 aromatic carbocycles. The predicted octanol–water partition coefficient (Wildman–Crippen LogP) is 4.00. The normalized spacial score (nSPS) is 10.8. The van der Waals surface area contributed by atoms with Gasteiger partial charge in [0.05, 0.1) is 16.4 Å². The number of hydrogen-bond acceptors (Lipinski definition) is 5. The van der Waals surface area contributed by atoms with E-state index < -0.39 is 0 Å². The molecular weight excluding hydrogens is 345 g/mol. The molecule has 124 valence electrons. The molecule has 0 aliphatic rings. The first-order valence-electron chi connectivity index (χ1n) is 7.45. The number of nitrogens with zero attached hydrogens (tertiary/aromatic N) is 2. The number of carbonyl (C=O) groups excluding carboxylic acids is 1. The standard InChI is InChI=1S/C17H16FN3OS2/c1-10-15(16(22)19-8-7-14-9-23-11(2)21-14)24-17(20-10)12-3-5-13(18)6-4-12/h3-6,9H,7-8H2,1-2H3,(H,19,22). The van der Waals surface area contributed by atoms with Gasteiger partial charge in [-0.2, -0.15) is 0 Å². The summed E-state index contributed by atoms with van der Waals surface area (Å²) in [5.41, 5.74) is 2.48. The first-order valence-corrected chi connectivity index (χ1v) is 9.15. The summed E-state index contributed by atoms with van der Waals surface area (Å²) < 4.78 is 13.0. The molecule has 7 heteroatoms. The van der Waals surface area contributed by atoms with Crippen molar-refractivity contribution in [2.75, 3.05) is 6.54 Å². The molecule has 24 heavy (non-hydrogen) atoms. The van der Waals surface area contributed by atoms with E-state index in [9.17, 15) is 9.18 Å². The third-order valence-corrected chi connectivity index (χ3v) is 5.45. The van der Waals surface area contributed by atoms with Crippen LogP contribution >= 0.6 is 22.7 Å². The van der Waals surface area contributed by atoms with Gasteiger partial charge in [0, 0.05) is 23.9 Å². The number of halogens is 1. The number of aromatic nitrogens is 2. The zero-order valence-electron chi connectivity index (χ0n) is 13.3. The Bertz CT molecular complexity index is 855. The zero-order valence-corrected chi connectivity index (χ0v) is 14.9. The number of thiazole rings is 2. The van der Waals surface area contributed by atoms with Gasteiger partial charge in [-0.05, 0) is 38.1 Å². The summed E-state index contributed by atoms with van der Waals surface area (Å²) in [6.07, 6.45) is 0.707. The molecule has 4 nitrogen and oxygen atoms in total. The molecular formula is C17H16FN3OS2. The number of carbonyl (C=O) groups is 1. The summed E-state index contributed by atoms with van der Waals surface area (Å²) in [4.78, 5) is 21.7. The summed E-state index contributed by atoms with van der Waals surface area (Å²) in [5, 5.41) is 6.66. The van der Waals surface area contributed by atoms with Gasteiger partial charge in [-0.25, -0.2) is 14.4 Å². The Morgan fingerprint density at radius 3 is 2.62 bits per heavy atom. The first kappa shape index (κ1) is 16.7. The van der Waals surface area contributed by atoms with Crippen LogP contribution in [0.15, 0.2) is 29.6 Å². The van der Waals surface area contributed by atoms with E-state index in [1.54, 1.807) is 23.5 Å². The van der Waals surface area contributed by atoms with Crippen molar-refractivity contribution in [1.29, 1.82) is 0 Å². The van der Waals surface area contributed by atoms with Gasteiger partial charge >= 0.3 is 0 Å². The Kier molecular flexibility index (Phi) is 5.01. The van der Waals surface area contributed by atoms with Crippen LogP contribution < -0.4 is 5.32 Å². The summed E-state index contributed by atoms with van der Waals surface area (Å²) >= 11 is 2.92. The Morgan fingerprint density at radius 1 is 1.21 bits per heavy atom. The van der Waals surface area contributed by atoms with Gasteiger partial charge in [-0.3, -0.25) is 4.79 Å². The fourth-order valence-electron chi connectivity index (χ4n) is 2.23. The lowest BCUT2D eigenvalue weighted by molar-refractivity contribution is 0.0957. The number of amides is 1. The molecule has 1 amide bonds. The molecule has 3 rings (SSSR count). The number of benzene rings is 1. The van der Waals surface area contributed by atoms with E-state index >= 15 is 0 Å². The van der Waals surface area contributed by atoms with E-state index in [0.717, 1.165) is 16.3 Å². The molecule has 0 saturated carbocycles. The molecule has 0 radical (unpaired) electrons. The molecule has 0 fully saturated rings. The maximum Gasteiger partial charge on any atom is 0.263 e. The molecule has 0 aliphatic carbocycles. The lowest BCUT2D eigenvalue weighted by atomic mass is 10.2. The molecule has 1 N–H and O–H groups in total. The van der Waals surface area contributed by atoms with E-state index in [1.165, 1.54) is 23.5 Å². The van der Waals surface area contributed by atoms with Crippen molar-refractivity contribution < 1.29 is 9.18 Å². The lowest BCUT2D eigenvalue weighted by Gasteiger charge is -2.02. The minimum Gasteiger partial charge on any atom is -0.351 e. The van der Waals surface area contributed by atoms with Gasteiger partial charge in [-0.15, -0.1) is 22.7 Å². The van der Waals surface area contributed by atoms with E-state index in [-0.39, 0.29) is 11.7 Å². The van der Waals surface area contributed by atoms with Crippen molar-refractivity contribution in [3.05, 3.63) is 56.7 Å². The minimum atomic E-state index is -0.290. The van der Waals surface area contributed by atoms with E-state index in [4.69, 9.17) is 0 Å². The summed E-state index contributed by atoms with van der Waals surface area (Å²) in [6.45, 7) is 4.30. The predicted molar refractivity (Wildman–Crippen MR) is 95.1 cm³/mol. The second kappa shape index (κ2) is 7.19. The van der Waals surface area contributed by atoms with Crippen LogP contribution in [-0.4, -0.2) is 22.4 Å². The highest BCUT2D eigenvalue weighted by Gasteiger charge is 2.16. The fourth-order valence-corrected chi connectivity index (χ4v) is 3.87. The van der Waals surface area contributed by atoms with Gasteiger partial charge in [-0.1, -0.05) is 0 Å². The second-order valence-corrected chi connectivity index (χ2v) is 7.37. The van der Waals surface area contributed by atoms with E-state index in [1.807, 2.05) is 19.2 Å². The molecule has 0 aliphatic heterocycles. The molecule has 0 spiro atoms. The number of rotatable bonds is 5. The van der Waals surface area contributed by atoms with Crippen LogP contribution in [-0.2, 0) is 6.42 Å². The molecule has 2 aromatic heterocycles. The van der Waals surface area contributed by atoms with Crippen molar-refractivity contribution >= 4 is 28.6 Å². The van der Waals surface area contributed by atoms with Gasteiger partial charge < -0.3 is 5.32 Å². The van der Waals surface area contributed by atoms with Crippen LogP contribution in [0.5, 0.6) is 0 Å². The molecule has 2 heterocycles. The van der Waals surface area contributed by atoms with Crippen molar-refractivity contribution in [2.45, 2.75) is 20.3 Å². The highest BCUT2D eigenvalue weighted by atomic mass is 32.1. The average Bonchev–Trinajstić information content (AvgIpc) is 3.14.